The largest absolute Gasteiger partial charge is 0.485 e. The quantitative estimate of drug-likeness (QED) is 0.855. The third kappa shape index (κ3) is 5.25. The van der Waals surface area contributed by atoms with Crippen molar-refractivity contribution in [1.82, 2.24) is 5.32 Å². The molecule has 0 saturated heterocycles. The zero-order valence-corrected chi connectivity index (χ0v) is 11.9. The summed E-state index contributed by atoms with van der Waals surface area (Å²) >= 11 is 11.0. The van der Waals surface area contributed by atoms with Crippen LogP contribution in [0.25, 0.3) is 0 Å². The third-order valence-electron chi connectivity index (χ3n) is 2.19. The van der Waals surface area contributed by atoms with Crippen LogP contribution in [0.2, 0.25) is 0 Å². The van der Waals surface area contributed by atoms with Gasteiger partial charge < -0.3 is 10.1 Å². The van der Waals surface area contributed by atoms with Crippen LogP contribution in [0.4, 0.5) is 4.39 Å². The number of hydrogen-bond acceptors (Lipinski definition) is 2. The van der Waals surface area contributed by atoms with Crippen molar-refractivity contribution in [3.8, 4) is 5.75 Å². The zero-order valence-electron chi connectivity index (χ0n) is 10.3. The Morgan fingerprint density at radius 3 is 2.78 bits per heavy atom. The molecule has 0 aliphatic heterocycles. The van der Waals surface area contributed by atoms with E-state index in [1.54, 1.807) is 6.07 Å². The molecule has 0 unspecified atom stereocenters. The molecule has 0 spiro atoms. The van der Waals surface area contributed by atoms with Crippen LogP contribution in [-0.4, -0.2) is 12.6 Å². The van der Waals surface area contributed by atoms with E-state index in [9.17, 15) is 4.39 Å². The molecule has 0 amide bonds. The average Bonchev–Trinajstić information content (AvgIpc) is 2.34. The zero-order chi connectivity index (χ0) is 13.5. The lowest BCUT2D eigenvalue weighted by Gasteiger charge is -2.10. The highest BCUT2D eigenvalue weighted by Gasteiger charge is 2.06. The molecule has 0 fully saturated rings. The summed E-state index contributed by atoms with van der Waals surface area (Å²) < 4.78 is 18.9. The Hall–Kier alpha value is -0.770. The van der Waals surface area contributed by atoms with E-state index in [0.717, 1.165) is 5.56 Å². The van der Waals surface area contributed by atoms with Gasteiger partial charge in [-0.25, -0.2) is 4.39 Å². The summed E-state index contributed by atoms with van der Waals surface area (Å²) in [6, 6.07) is 5.21. The van der Waals surface area contributed by atoms with Crippen molar-refractivity contribution in [2.45, 2.75) is 26.4 Å². The van der Waals surface area contributed by atoms with Crippen LogP contribution in [0.15, 0.2) is 28.8 Å². The molecule has 1 aromatic rings. The van der Waals surface area contributed by atoms with Gasteiger partial charge in [0.05, 0.1) is 5.03 Å². The maximum Gasteiger partial charge on any atom is 0.165 e. The first-order chi connectivity index (χ1) is 8.52. The highest BCUT2D eigenvalue weighted by molar-refractivity contribution is 6.36. The molecule has 1 rings (SSSR count). The molecule has 0 aliphatic carbocycles. The molecule has 0 aromatic heterocycles. The standard InChI is InChI=1S/C13H16Cl2FNO/c1-9(2)17-7-10-3-4-13(12(16)5-10)18-8-11(15)6-14/h3-6,9,17H,7-8H2,1-2H3/b11-6-. The molecule has 0 bridgehead atoms. The van der Waals surface area contributed by atoms with Crippen molar-refractivity contribution in [2.75, 3.05) is 6.61 Å². The summed E-state index contributed by atoms with van der Waals surface area (Å²) in [5, 5.41) is 3.53. The Kier molecular flexibility index (Phi) is 6.47. The Bertz CT molecular complexity index is 421. The van der Waals surface area contributed by atoms with Gasteiger partial charge in [0.1, 0.15) is 6.61 Å². The van der Waals surface area contributed by atoms with Crippen LogP contribution in [0.5, 0.6) is 5.75 Å². The number of rotatable bonds is 6. The summed E-state index contributed by atoms with van der Waals surface area (Å²) in [7, 11) is 0. The summed E-state index contributed by atoms with van der Waals surface area (Å²) in [6.45, 7) is 4.76. The van der Waals surface area contributed by atoms with E-state index in [1.807, 2.05) is 19.9 Å². The molecular formula is C13H16Cl2FNO. The van der Waals surface area contributed by atoms with Crippen molar-refractivity contribution in [1.29, 1.82) is 0 Å². The van der Waals surface area contributed by atoms with E-state index in [2.05, 4.69) is 5.32 Å². The van der Waals surface area contributed by atoms with Gasteiger partial charge in [-0.05, 0) is 17.7 Å². The van der Waals surface area contributed by atoms with Gasteiger partial charge in [-0.2, -0.15) is 0 Å². The second-order valence-corrected chi connectivity index (χ2v) is 4.85. The summed E-state index contributed by atoms with van der Waals surface area (Å²) in [6.07, 6.45) is 0. The predicted molar refractivity (Wildman–Crippen MR) is 73.7 cm³/mol. The minimum Gasteiger partial charge on any atom is -0.485 e. The van der Waals surface area contributed by atoms with Crippen LogP contribution in [0.3, 0.4) is 0 Å². The number of benzene rings is 1. The lowest BCUT2D eigenvalue weighted by atomic mass is 10.2. The minimum absolute atomic E-state index is 0.0611. The highest BCUT2D eigenvalue weighted by atomic mass is 35.5. The van der Waals surface area contributed by atoms with Gasteiger partial charge in [0.2, 0.25) is 0 Å². The molecule has 5 heteroatoms. The van der Waals surface area contributed by atoms with Crippen LogP contribution < -0.4 is 10.1 Å². The van der Waals surface area contributed by atoms with E-state index < -0.39 is 5.82 Å². The Morgan fingerprint density at radius 2 is 2.22 bits per heavy atom. The van der Waals surface area contributed by atoms with Crippen LogP contribution in [-0.2, 0) is 6.54 Å². The van der Waals surface area contributed by atoms with E-state index in [4.69, 9.17) is 27.9 Å². The molecule has 1 aromatic carbocycles. The SMILES string of the molecule is CC(C)NCc1ccc(OC/C(Cl)=C/Cl)c(F)c1. The second-order valence-electron chi connectivity index (χ2n) is 4.15. The Morgan fingerprint density at radius 1 is 1.50 bits per heavy atom. The van der Waals surface area contributed by atoms with Crippen LogP contribution >= 0.6 is 23.2 Å². The smallest absolute Gasteiger partial charge is 0.165 e. The first kappa shape index (κ1) is 15.3. The van der Waals surface area contributed by atoms with Crippen molar-refractivity contribution in [2.24, 2.45) is 0 Å². The van der Waals surface area contributed by atoms with Gasteiger partial charge in [0.25, 0.3) is 0 Å². The molecule has 0 heterocycles. The normalized spacial score (nSPS) is 12.0. The summed E-state index contributed by atoms with van der Waals surface area (Å²) in [4.78, 5) is 0. The van der Waals surface area contributed by atoms with E-state index in [1.165, 1.54) is 11.6 Å². The van der Waals surface area contributed by atoms with Crippen LogP contribution in [0, 0.1) is 5.82 Å². The van der Waals surface area contributed by atoms with E-state index in [-0.39, 0.29) is 12.4 Å². The Balaban J connectivity index is 2.62. The minimum atomic E-state index is -0.405. The van der Waals surface area contributed by atoms with E-state index in [0.29, 0.717) is 17.6 Å². The van der Waals surface area contributed by atoms with Gasteiger partial charge in [0, 0.05) is 18.1 Å². The highest BCUT2D eigenvalue weighted by Crippen LogP contribution is 2.19. The number of ether oxygens (including phenoxy) is 1. The first-order valence-electron chi connectivity index (χ1n) is 5.62. The van der Waals surface area contributed by atoms with Gasteiger partial charge >= 0.3 is 0 Å². The summed E-state index contributed by atoms with van der Waals surface area (Å²) in [5.74, 6) is -0.239. The molecule has 0 radical (unpaired) electrons. The third-order valence-corrected chi connectivity index (χ3v) is 2.79. The predicted octanol–water partition coefficient (Wildman–Crippen LogP) is 4.02. The Labute approximate surface area is 117 Å². The molecule has 1 N–H and O–H groups in total. The van der Waals surface area contributed by atoms with Crippen molar-refractivity contribution in [3.63, 3.8) is 0 Å². The first-order valence-corrected chi connectivity index (χ1v) is 6.43. The van der Waals surface area contributed by atoms with Gasteiger partial charge in [-0.1, -0.05) is 43.1 Å². The van der Waals surface area contributed by atoms with Gasteiger partial charge in [-0.15, -0.1) is 0 Å². The topological polar surface area (TPSA) is 21.3 Å². The monoisotopic (exact) mass is 291 g/mol. The van der Waals surface area contributed by atoms with Crippen molar-refractivity contribution in [3.05, 3.63) is 40.1 Å². The molecule has 0 atom stereocenters. The molecular weight excluding hydrogens is 276 g/mol. The fraction of sp³-hybridized carbons (Fsp3) is 0.385. The maximum absolute atomic E-state index is 13.7. The lowest BCUT2D eigenvalue weighted by molar-refractivity contribution is 0.338. The van der Waals surface area contributed by atoms with Gasteiger partial charge in [-0.3, -0.25) is 0 Å². The molecule has 2 nitrogen and oxygen atoms in total. The van der Waals surface area contributed by atoms with Crippen molar-refractivity contribution >= 4 is 23.2 Å². The second kappa shape index (κ2) is 7.62. The fourth-order valence-corrected chi connectivity index (χ4v) is 1.39. The summed E-state index contributed by atoms with van der Waals surface area (Å²) in [5.41, 5.74) is 2.06. The number of nitrogens with one attached hydrogen (secondary N) is 1. The molecule has 18 heavy (non-hydrogen) atoms. The molecule has 100 valence electrons. The average molecular weight is 292 g/mol. The maximum atomic E-state index is 13.7. The van der Waals surface area contributed by atoms with Crippen LogP contribution in [0.1, 0.15) is 19.4 Å². The molecule has 0 saturated carbocycles. The number of halogens is 3. The van der Waals surface area contributed by atoms with E-state index >= 15 is 0 Å². The lowest BCUT2D eigenvalue weighted by Crippen LogP contribution is -2.21. The number of hydrogen-bond donors (Lipinski definition) is 1. The van der Waals surface area contributed by atoms with Gasteiger partial charge in [0.15, 0.2) is 11.6 Å². The molecule has 0 aliphatic rings. The fourth-order valence-electron chi connectivity index (χ4n) is 1.27. The van der Waals surface area contributed by atoms with Crippen molar-refractivity contribution < 1.29 is 9.13 Å².